The molecule has 182 valence electrons. The van der Waals surface area contributed by atoms with Crippen molar-refractivity contribution in [3.8, 4) is 0 Å². The predicted octanol–water partition coefficient (Wildman–Crippen LogP) is 2.86. The lowest BCUT2D eigenvalue weighted by Crippen LogP contribution is -2.35. The molecule has 0 spiro atoms. The van der Waals surface area contributed by atoms with Crippen LogP contribution in [0.3, 0.4) is 0 Å². The fourth-order valence-electron chi connectivity index (χ4n) is 4.05. The third kappa shape index (κ3) is 5.06. The summed E-state index contributed by atoms with van der Waals surface area (Å²) in [5, 5.41) is 13.0. The highest BCUT2D eigenvalue weighted by Crippen LogP contribution is 2.23. The molecule has 0 aromatic carbocycles. The Kier molecular flexibility index (Phi) is 7.46. The van der Waals surface area contributed by atoms with Crippen molar-refractivity contribution in [2.75, 3.05) is 44.9 Å². The molecule has 1 amide bonds. The maximum Gasteiger partial charge on any atom is 0.274 e. The smallest absolute Gasteiger partial charge is 0.274 e. The molecular weight excluding hydrogens is 432 g/mol. The molecule has 3 aromatic heterocycles. The third-order valence-electron chi connectivity index (χ3n) is 6.52. The summed E-state index contributed by atoms with van der Waals surface area (Å²) < 4.78 is 3.36. The molecule has 1 saturated heterocycles. The summed E-state index contributed by atoms with van der Waals surface area (Å²) in [4.78, 5) is 32.1. The van der Waals surface area contributed by atoms with E-state index in [0.717, 1.165) is 25.9 Å². The van der Waals surface area contributed by atoms with Crippen LogP contribution in [-0.2, 0) is 0 Å². The molecule has 10 nitrogen and oxygen atoms in total. The van der Waals surface area contributed by atoms with Gasteiger partial charge in [0.25, 0.3) is 11.5 Å². The van der Waals surface area contributed by atoms with Crippen LogP contribution in [0.2, 0.25) is 0 Å². The number of piperidine rings is 1. The van der Waals surface area contributed by atoms with Gasteiger partial charge in [-0.15, -0.1) is 0 Å². The van der Waals surface area contributed by atoms with Gasteiger partial charge in [0.1, 0.15) is 22.9 Å². The highest BCUT2D eigenvalue weighted by molar-refractivity contribution is 5.99. The largest absolute Gasteiger partial charge is 0.373 e. The predicted molar refractivity (Wildman–Crippen MR) is 134 cm³/mol. The standard InChI is InChI=1S/C20H26N8O2.C4H8/c1-21-17-11-16(25-18-14(19(29)22-2)12-23-28(17)18)24-15-5-4-8-27(20(15)30)13-6-9-26(3)10-7-13;1-2-4-3-1/h4-5,8,11-13,21H,6-7,9-10H2,1-3H3,(H,22,29)(H,24,25);1-4H2. The Balaban J connectivity index is 0.000000620. The number of likely N-dealkylation sites (tertiary alicyclic amines) is 1. The molecule has 1 aliphatic carbocycles. The average Bonchev–Trinajstić information content (AvgIpc) is 3.23. The minimum Gasteiger partial charge on any atom is -0.373 e. The summed E-state index contributed by atoms with van der Waals surface area (Å²) in [6, 6.07) is 5.55. The van der Waals surface area contributed by atoms with Gasteiger partial charge in [0.2, 0.25) is 0 Å². The van der Waals surface area contributed by atoms with Crippen molar-refractivity contribution < 1.29 is 4.79 Å². The Labute approximate surface area is 199 Å². The Morgan fingerprint density at radius 3 is 2.44 bits per heavy atom. The maximum absolute atomic E-state index is 13.1. The van der Waals surface area contributed by atoms with Gasteiger partial charge in [-0.2, -0.15) is 9.61 Å². The van der Waals surface area contributed by atoms with Crippen LogP contribution < -0.4 is 21.5 Å². The Morgan fingerprint density at radius 2 is 1.82 bits per heavy atom. The zero-order valence-electron chi connectivity index (χ0n) is 20.2. The fourth-order valence-corrected chi connectivity index (χ4v) is 4.05. The number of carbonyl (C=O) groups is 1. The number of nitrogens with one attached hydrogen (secondary N) is 3. The molecule has 1 saturated carbocycles. The van der Waals surface area contributed by atoms with Gasteiger partial charge < -0.3 is 25.4 Å². The van der Waals surface area contributed by atoms with Crippen LogP contribution in [0.15, 0.2) is 35.4 Å². The number of aromatic nitrogens is 4. The van der Waals surface area contributed by atoms with Crippen LogP contribution >= 0.6 is 0 Å². The third-order valence-corrected chi connectivity index (χ3v) is 6.52. The zero-order chi connectivity index (χ0) is 24.1. The van der Waals surface area contributed by atoms with Gasteiger partial charge in [-0.05, 0) is 45.1 Å². The normalized spacial score (nSPS) is 16.3. The first-order valence-corrected chi connectivity index (χ1v) is 12.0. The maximum atomic E-state index is 13.1. The molecule has 0 bridgehead atoms. The van der Waals surface area contributed by atoms with E-state index in [1.54, 1.807) is 30.7 Å². The first-order valence-electron chi connectivity index (χ1n) is 12.0. The number of rotatable bonds is 5. The highest BCUT2D eigenvalue weighted by Gasteiger charge is 2.20. The van der Waals surface area contributed by atoms with E-state index in [9.17, 15) is 9.59 Å². The number of pyridine rings is 1. The summed E-state index contributed by atoms with van der Waals surface area (Å²) in [6.07, 6.45) is 11.2. The van der Waals surface area contributed by atoms with Crippen molar-refractivity contribution in [2.24, 2.45) is 0 Å². The van der Waals surface area contributed by atoms with Gasteiger partial charge in [-0.3, -0.25) is 9.59 Å². The number of fused-ring (bicyclic) bond motifs is 1. The van der Waals surface area contributed by atoms with Gasteiger partial charge >= 0.3 is 0 Å². The molecule has 1 aliphatic heterocycles. The summed E-state index contributed by atoms with van der Waals surface area (Å²) in [6.45, 7) is 1.95. The van der Waals surface area contributed by atoms with Crippen molar-refractivity contribution >= 4 is 28.9 Å². The number of hydrogen-bond donors (Lipinski definition) is 3. The number of carbonyl (C=O) groups excluding carboxylic acids is 1. The van der Waals surface area contributed by atoms with Crippen LogP contribution in [0.4, 0.5) is 17.3 Å². The van der Waals surface area contributed by atoms with Gasteiger partial charge in [0, 0.05) is 32.4 Å². The lowest BCUT2D eigenvalue weighted by Gasteiger charge is -2.30. The summed E-state index contributed by atoms with van der Waals surface area (Å²) in [7, 11) is 5.42. The van der Waals surface area contributed by atoms with E-state index in [0.29, 0.717) is 28.5 Å². The van der Waals surface area contributed by atoms with Crippen molar-refractivity contribution in [2.45, 2.75) is 44.6 Å². The van der Waals surface area contributed by atoms with Crippen LogP contribution in [0.1, 0.15) is 54.9 Å². The van der Waals surface area contributed by atoms with E-state index in [-0.39, 0.29) is 17.5 Å². The van der Waals surface area contributed by atoms with Crippen LogP contribution in [0.5, 0.6) is 0 Å². The van der Waals surface area contributed by atoms with E-state index < -0.39 is 0 Å². The molecule has 0 radical (unpaired) electrons. The number of nitrogens with zero attached hydrogens (tertiary/aromatic N) is 5. The van der Waals surface area contributed by atoms with Gasteiger partial charge in [-0.1, -0.05) is 25.7 Å². The SMILES string of the molecule is C1CCC1.CNC(=O)c1cnn2c(NC)cc(Nc3cccn(C4CCN(C)CC4)c3=O)nc12. The van der Waals surface area contributed by atoms with Crippen molar-refractivity contribution in [3.05, 3.63) is 46.5 Å². The van der Waals surface area contributed by atoms with Gasteiger partial charge in [0.15, 0.2) is 5.65 Å². The monoisotopic (exact) mass is 466 g/mol. The minimum absolute atomic E-state index is 0.0835. The Hall–Kier alpha value is -3.40. The molecular formula is C24H34N8O2. The second-order valence-electron chi connectivity index (χ2n) is 8.86. The van der Waals surface area contributed by atoms with Crippen molar-refractivity contribution in [1.82, 2.24) is 29.4 Å². The van der Waals surface area contributed by atoms with E-state index in [1.807, 2.05) is 16.8 Å². The second-order valence-corrected chi connectivity index (χ2v) is 8.86. The highest BCUT2D eigenvalue weighted by atomic mass is 16.1. The molecule has 5 rings (SSSR count). The quantitative estimate of drug-likeness (QED) is 0.531. The molecule has 34 heavy (non-hydrogen) atoms. The van der Waals surface area contributed by atoms with Crippen molar-refractivity contribution in [3.63, 3.8) is 0 Å². The van der Waals surface area contributed by atoms with E-state index in [4.69, 9.17) is 0 Å². The second kappa shape index (κ2) is 10.7. The lowest BCUT2D eigenvalue weighted by atomic mass is 10.0. The average molecular weight is 467 g/mol. The first-order chi connectivity index (χ1) is 16.5. The minimum atomic E-state index is -0.277. The topological polar surface area (TPSA) is 109 Å². The summed E-state index contributed by atoms with van der Waals surface area (Å²) >= 11 is 0. The molecule has 3 N–H and O–H groups in total. The molecule has 0 atom stereocenters. The Morgan fingerprint density at radius 1 is 1.12 bits per heavy atom. The Bertz CT molecular complexity index is 1190. The van der Waals surface area contributed by atoms with E-state index >= 15 is 0 Å². The first kappa shape index (κ1) is 23.7. The number of amides is 1. The number of anilines is 3. The lowest BCUT2D eigenvalue weighted by molar-refractivity contribution is 0.0964. The molecule has 3 aromatic rings. The fraction of sp³-hybridized carbons (Fsp3) is 0.500. The summed E-state index contributed by atoms with van der Waals surface area (Å²) in [5.74, 6) is 0.820. The van der Waals surface area contributed by atoms with Crippen LogP contribution in [-0.4, -0.2) is 64.2 Å². The van der Waals surface area contributed by atoms with E-state index in [1.165, 1.54) is 31.9 Å². The molecule has 0 unspecified atom stereocenters. The van der Waals surface area contributed by atoms with E-state index in [2.05, 4.69) is 38.0 Å². The molecule has 2 aliphatic rings. The van der Waals surface area contributed by atoms with Crippen molar-refractivity contribution in [1.29, 1.82) is 0 Å². The molecule has 2 fully saturated rings. The van der Waals surface area contributed by atoms with Crippen LogP contribution in [0.25, 0.3) is 5.65 Å². The zero-order valence-corrected chi connectivity index (χ0v) is 20.2. The van der Waals surface area contributed by atoms with Gasteiger partial charge in [-0.25, -0.2) is 4.98 Å². The molecule has 4 heterocycles. The summed E-state index contributed by atoms with van der Waals surface area (Å²) in [5.41, 5.74) is 1.11. The number of hydrogen-bond acceptors (Lipinski definition) is 7. The van der Waals surface area contributed by atoms with Gasteiger partial charge in [0.05, 0.1) is 6.20 Å². The van der Waals surface area contributed by atoms with Crippen LogP contribution in [0, 0.1) is 0 Å². The molecule has 10 heteroatoms.